The molecule has 1 atom stereocenters. The van der Waals surface area contributed by atoms with Gasteiger partial charge >= 0.3 is 5.97 Å². The molecule has 0 saturated heterocycles. The maximum atomic E-state index is 12.7. The fourth-order valence-corrected chi connectivity index (χ4v) is 4.12. The van der Waals surface area contributed by atoms with E-state index in [1.165, 1.54) is 12.1 Å². The second-order valence-electron chi connectivity index (χ2n) is 4.76. The Morgan fingerprint density at radius 2 is 2.00 bits per heavy atom. The SMILES string of the molecule is CCCCN1C(C(=O)OC)C(=O)c2ccccc2S1(=O)=O. The second-order valence-corrected chi connectivity index (χ2v) is 6.61. The third kappa shape index (κ3) is 2.58. The first kappa shape index (κ1) is 15.7. The molecule has 0 fully saturated rings. The van der Waals surface area contributed by atoms with Gasteiger partial charge in [0.25, 0.3) is 0 Å². The van der Waals surface area contributed by atoms with E-state index in [1.807, 2.05) is 6.92 Å². The topological polar surface area (TPSA) is 80.8 Å². The average Bonchev–Trinajstić information content (AvgIpc) is 2.49. The summed E-state index contributed by atoms with van der Waals surface area (Å²) in [4.78, 5) is 24.3. The largest absolute Gasteiger partial charge is 0.467 e. The van der Waals surface area contributed by atoms with E-state index in [0.29, 0.717) is 6.42 Å². The van der Waals surface area contributed by atoms with Gasteiger partial charge in [-0.1, -0.05) is 25.5 Å². The lowest BCUT2D eigenvalue weighted by molar-refractivity contribution is -0.143. The number of fused-ring (bicyclic) bond motifs is 1. The van der Waals surface area contributed by atoms with Crippen LogP contribution in [0.1, 0.15) is 30.1 Å². The van der Waals surface area contributed by atoms with Crippen LogP contribution in [0.4, 0.5) is 0 Å². The van der Waals surface area contributed by atoms with Crippen LogP contribution in [0.25, 0.3) is 0 Å². The van der Waals surface area contributed by atoms with Crippen molar-refractivity contribution >= 4 is 21.8 Å². The van der Waals surface area contributed by atoms with Gasteiger partial charge in [-0.05, 0) is 18.6 Å². The molecule has 0 aliphatic carbocycles. The molecule has 21 heavy (non-hydrogen) atoms. The minimum atomic E-state index is -3.88. The van der Waals surface area contributed by atoms with Crippen molar-refractivity contribution in [3.05, 3.63) is 29.8 Å². The van der Waals surface area contributed by atoms with Crippen molar-refractivity contribution in [3.8, 4) is 0 Å². The van der Waals surface area contributed by atoms with Gasteiger partial charge in [0, 0.05) is 12.1 Å². The number of carbonyl (C=O) groups is 2. The molecule has 7 heteroatoms. The van der Waals surface area contributed by atoms with Gasteiger partial charge < -0.3 is 4.74 Å². The van der Waals surface area contributed by atoms with Gasteiger partial charge in [-0.25, -0.2) is 13.2 Å². The van der Waals surface area contributed by atoms with Crippen LogP contribution in [0, 0.1) is 0 Å². The highest BCUT2D eigenvalue weighted by Gasteiger charge is 2.47. The summed E-state index contributed by atoms with van der Waals surface area (Å²) in [5.74, 6) is -1.39. The zero-order valence-corrected chi connectivity index (χ0v) is 12.7. The number of ether oxygens (including phenoxy) is 1. The van der Waals surface area contributed by atoms with Crippen molar-refractivity contribution in [2.24, 2.45) is 0 Å². The van der Waals surface area contributed by atoms with Crippen molar-refractivity contribution in [1.82, 2.24) is 4.31 Å². The summed E-state index contributed by atoms with van der Waals surface area (Å²) in [7, 11) is -2.74. The molecule has 1 heterocycles. The smallest absolute Gasteiger partial charge is 0.332 e. The molecule has 1 aliphatic rings. The van der Waals surface area contributed by atoms with Gasteiger partial charge in [0.1, 0.15) is 0 Å². The van der Waals surface area contributed by atoms with Crippen molar-refractivity contribution in [2.45, 2.75) is 30.7 Å². The number of nitrogens with zero attached hydrogens (tertiary/aromatic N) is 1. The Hall–Kier alpha value is -1.73. The van der Waals surface area contributed by atoms with Crippen LogP contribution in [0.5, 0.6) is 0 Å². The highest BCUT2D eigenvalue weighted by Crippen LogP contribution is 2.30. The predicted octanol–water partition coefficient (Wildman–Crippen LogP) is 1.22. The molecule has 1 aromatic rings. The number of Topliss-reactive ketones (excluding diaryl/α,β-unsaturated/α-hetero) is 1. The second kappa shape index (κ2) is 5.95. The van der Waals surface area contributed by atoms with E-state index in [9.17, 15) is 18.0 Å². The van der Waals surface area contributed by atoms with Gasteiger partial charge in [0.2, 0.25) is 10.0 Å². The summed E-state index contributed by atoms with van der Waals surface area (Å²) in [5.41, 5.74) is 0.0423. The van der Waals surface area contributed by atoms with Crippen LogP contribution in [0.15, 0.2) is 29.2 Å². The summed E-state index contributed by atoms with van der Waals surface area (Å²) in [5, 5.41) is 0. The molecule has 1 aromatic carbocycles. The van der Waals surface area contributed by atoms with Crippen molar-refractivity contribution in [2.75, 3.05) is 13.7 Å². The predicted molar refractivity (Wildman–Crippen MR) is 75.4 cm³/mol. The molecule has 114 valence electrons. The Bertz CT molecular complexity index is 668. The first-order chi connectivity index (χ1) is 9.95. The molecule has 1 aliphatic heterocycles. The van der Waals surface area contributed by atoms with Gasteiger partial charge in [-0.2, -0.15) is 4.31 Å². The van der Waals surface area contributed by atoms with E-state index in [-0.39, 0.29) is 17.0 Å². The number of hydrogen-bond acceptors (Lipinski definition) is 5. The molecule has 0 aromatic heterocycles. The molecule has 0 saturated carbocycles. The fraction of sp³-hybridized carbons (Fsp3) is 0.429. The van der Waals surface area contributed by atoms with Gasteiger partial charge in [0.05, 0.1) is 12.0 Å². The summed E-state index contributed by atoms with van der Waals surface area (Å²) in [6, 6.07) is 4.50. The number of carbonyl (C=O) groups excluding carboxylic acids is 2. The van der Waals surface area contributed by atoms with Crippen molar-refractivity contribution in [3.63, 3.8) is 0 Å². The quantitative estimate of drug-likeness (QED) is 0.617. The van der Waals surface area contributed by atoms with Crippen LogP contribution < -0.4 is 0 Å². The van der Waals surface area contributed by atoms with Crippen molar-refractivity contribution < 1.29 is 22.7 Å². The third-order valence-electron chi connectivity index (χ3n) is 3.43. The van der Waals surface area contributed by atoms with Gasteiger partial charge in [-0.15, -0.1) is 0 Å². The summed E-state index contributed by atoms with van der Waals surface area (Å²) < 4.78 is 30.9. The van der Waals surface area contributed by atoms with Gasteiger partial charge in [0.15, 0.2) is 11.8 Å². The summed E-state index contributed by atoms with van der Waals surface area (Å²) in [6.07, 6.45) is 1.30. The molecule has 6 nitrogen and oxygen atoms in total. The third-order valence-corrected chi connectivity index (χ3v) is 5.35. The Balaban J connectivity index is 2.60. The number of unbranched alkanes of at least 4 members (excludes halogenated alkanes) is 1. The van der Waals surface area contributed by atoms with Crippen molar-refractivity contribution in [1.29, 1.82) is 0 Å². The number of benzene rings is 1. The van der Waals surface area contributed by atoms with Crippen LogP contribution in [0.3, 0.4) is 0 Å². The number of esters is 1. The average molecular weight is 311 g/mol. The summed E-state index contributed by atoms with van der Waals surface area (Å²) in [6.45, 7) is 2.01. The van der Waals surface area contributed by atoms with E-state index >= 15 is 0 Å². The molecule has 0 spiro atoms. The highest BCUT2D eigenvalue weighted by molar-refractivity contribution is 7.89. The Morgan fingerprint density at radius 3 is 2.62 bits per heavy atom. The zero-order valence-electron chi connectivity index (χ0n) is 11.9. The number of methoxy groups -OCH3 is 1. The first-order valence-electron chi connectivity index (χ1n) is 6.68. The number of hydrogen-bond donors (Lipinski definition) is 0. The lowest BCUT2D eigenvalue weighted by atomic mass is 10.0. The Kier molecular flexibility index (Phi) is 4.43. The molecular weight excluding hydrogens is 294 g/mol. The normalized spacial score (nSPS) is 20.9. The molecule has 2 rings (SSSR count). The molecular formula is C14H17NO5S. The number of sulfonamides is 1. The fourth-order valence-electron chi connectivity index (χ4n) is 2.34. The molecule has 1 unspecified atom stereocenters. The van der Waals surface area contributed by atoms with Gasteiger partial charge in [-0.3, -0.25) is 4.79 Å². The maximum absolute atomic E-state index is 12.7. The number of ketones is 1. The molecule has 0 bridgehead atoms. The van der Waals surface area contributed by atoms with E-state index in [0.717, 1.165) is 17.8 Å². The molecule has 0 amide bonds. The minimum Gasteiger partial charge on any atom is -0.467 e. The first-order valence-corrected chi connectivity index (χ1v) is 8.12. The lowest BCUT2D eigenvalue weighted by Crippen LogP contribution is -2.54. The number of rotatable bonds is 4. The summed E-state index contributed by atoms with van der Waals surface area (Å²) >= 11 is 0. The lowest BCUT2D eigenvalue weighted by Gasteiger charge is -2.32. The van der Waals surface area contributed by atoms with E-state index in [2.05, 4.69) is 4.74 Å². The highest BCUT2D eigenvalue weighted by atomic mass is 32.2. The van der Waals surface area contributed by atoms with Crippen LogP contribution in [-0.2, 0) is 19.6 Å². The monoisotopic (exact) mass is 311 g/mol. The Labute approximate surface area is 123 Å². The standard InChI is InChI=1S/C14H17NO5S/c1-3-4-9-15-12(14(17)20-2)13(16)10-7-5-6-8-11(10)21(15,18)19/h5-8,12H,3-4,9H2,1-2H3. The Morgan fingerprint density at radius 1 is 1.33 bits per heavy atom. The zero-order chi connectivity index (χ0) is 15.6. The van der Waals surface area contributed by atoms with E-state index < -0.39 is 27.8 Å². The van der Waals surface area contributed by atoms with Crippen LogP contribution in [0.2, 0.25) is 0 Å². The van der Waals surface area contributed by atoms with Crippen LogP contribution >= 0.6 is 0 Å². The van der Waals surface area contributed by atoms with Crippen LogP contribution in [-0.4, -0.2) is 44.2 Å². The molecule has 0 radical (unpaired) electrons. The maximum Gasteiger partial charge on any atom is 0.332 e. The minimum absolute atomic E-state index is 0.0423. The molecule has 0 N–H and O–H groups in total. The van der Waals surface area contributed by atoms with E-state index in [1.54, 1.807) is 12.1 Å². The van der Waals surface area contributed by atoms with E-state index in [4.69, 9.17) is 0 Å².